The van der Waals surface area contributed by atoms with E-state index in [-0.39, 0.29) is 17.6 Å². The molecular formula is C15H17N3O2S. The molecule has 2 heterocycles. The highest BCUT2D eigenvalue weighted by molar-refractivity contribution is 7.13. The third kappa shape index (κ3) is 3.39. The largest absolute Gasteiger partial charge is 0.348 e. The predicted molar refractivity (Wildman–Crippen MR) is 82.5 cm³/mol. The second kappa shape index (κ2) is 6.22. The Morgan fingerprint density at radius 1 is 1.33 bits per heavy atom. The molecule has 2 N–H and O–H groups in total. The number of hydrogen-bond donors (Lipinski definition) is 2. The number of thiophene rings is 1. The second-order valence-corrected chi connectivity index (χ2v) is 6.22. The number of aromatic amines is 1. The SMILES string of the molecule is O=C(NC1CCCCC1)c1cc(-c2cccs2)[nH]c(=O)n1. The number of aromatic nitrogens is 2. The first kappa shape index (κ1) is 14.0. The first-order valence-electron chi connectivity index (χ1n) is 7.18. The quantitative estimate of drug-likeness (QED) is 0.915. The summed E-state index contributed by atoms with van der Waals surface area (Å²) in [5, 5.41) is 4.91. The average molecular weight is 303 g/mol. The molecule has 1 aliphatic carbocycles. The van der Waals surface area contributed by atoms with Crippen LogP contribution in [0.4, 0.5) is 0 Å². The molecule has 0 radical (unpaired) electrons. The van der Waals surface area contributed by atoms with E-state index in [1.807, 2.05) is 17.5 Å². The van der Waals surface area contributed by atoms with Crippen LogP contribution in [0.15, 0.2) is 28.4 Å². The number of H-pyrrole nitrogens is 1. The van der Waals surface area contributed by atoms with Gasteiger partial charge in [0, 0.05) is 6.04 Å². The third-order valence-electron chi connectivity index (χ3n) is 3.70. The van der Waals surface area contributed by atoms with Crippen LogP contribution in [0.3, 0.4) is 0 Å². The molecule has 0 aliphatic heterocycles. The Labute approximate surface area is 126 Å². The molecule has 1 saturated carbocycles. The molecule has 110 valence electrons. The van der Waals surface area contributed by atoms with Crippen molar-refractivity contribution in [3.63, 3.8) is 0 Å². The number of rotatable bonds is 3. The van der Waals surface area contributed by atoms with Crippen LogP contribution in [-0.2, 0) is 0 Å². The highest BCUT2D eigenvalue weighted by atomic mass is 32.1. The van der Waals surface area contributed by atoms with Gasteiger partial charge in [0.1, 0.15) is 5.69 Å². The lowest BCUT2D eigenvalue weighted by molar-refractivity contribution is 0.0922. The lowest BCUT2D eigenvalue weighted by Crippen LogP contribution is -2.37. The van der Waals surface area contributed by atoms with E-state index in [0.717, 1.165) is 30.6 Å². The fourth-order valence-electron chi connectivity index (χ4n) is 2.64. The summed E-state index contributed by atoms with van der Waals surface area (Å²) in [6, 6.07) is 5.66. The third-order valence-corrected chi connectivity index (χ3v) is 4.61. The van der Waals surface area contributed by atoms with E-state index in [1.165, 1.54) is 17.8 Å². The van der Waals surface area contributed by atoms with Crippen molar-refractivity contribution in [2.75, 3.05) is 0 Å². The molecule has 0 unspecified atom stereocenters. The molecule has 0 saturated heterocycles. The average Bonchev–Trinajstić information content (AvgIpc) is 3.02. The molecule has 3 rings (SSSR count). The molecule has 0 atom stereocenters. The van der Waals surface area contributed by atoms with Crippen LogP contribution >= 0.6 is 11.3 Å². The van der Waals surface area contributed by atoms with Gasteiger partial charge in [-0.1, -0.05) is 25.3 Å². The highest BCUT2D eigenvalue weighted by Crippen LogP contribution is 2.22. The summed E-state index contributed by atoms with van der Waals surface area (Å²) in [7, 11) is 0. The van der Waals surface area contributed by atoms with Gasteiger partial charge < -0.3 is 10.3 Å². The predicted octanol–water partition coefficient (Wildman–Crippen LogP) is 2.56. The summed E-state index contributed by atoms with van der Waals surface area (Å²) in [4.78, 5) is 31.3. The van der Waals surface area contributed by atoms with E-state index in [9.17, 15) is 9.59 Å². The van der Waals surface area contributed by atoms with Crippen LogP contribution in [0.1, 0.15) is 42.6 Å². The van der Waals surface area contributed by atoms with E-state index in [0.29, 0.717) is 5.69 Å². The number of nitrogens with zero attached hydrogens (tertiary/aromatic N) is 1. The molecule has 1 amide bonds. The van der Waals surface area contributed by atoms with Crippen molar-refractivity contribution >= 4 is 17.2 Å². The van der Waals surface area contributed by atoms with Crippen molar-refractivity contribution in [1.29, 1.82) is 0 Å². The summed E-state index contributed by atoms with van der Waals surface area (Å²) in [6.45, 7) is 0. The standard InChI is InChI=1S/C15H17N3O2S/c19-14(16-10-5-2-1-3-6-10)12-9-11(17-15(20)18-12)13-7-4-8-21-13/h4,7-10H,1-3,5-6H2,(H,16,19)(H,17,18,20). The Morgan fingerprint density at radius 3 is 2.86 bits per heavy atom. The zero-order valence-corrected chi connectivity index (χ0v) is 12.4. The molecule has 0 spiro atoms. The summed E-state index contributed by atoms with van der Waals surface area (Å²) in [5.41, 5.74) is 0.334. The highest BCUT2D eigenvalue weighted by Gasteiger charge is 2.18. The van der Waals surface area contributed by atoms with E-state index in [1.54, 1.807) is 6.07 Å². The van der Waals surface area contributed by atoms with Crippen LogP contribution in [-0.4, -0.2) is 21.9 Å². The summed E-state index contributed by atoms with van der Waals surface area (Å²) in [6.07, 6.45) is 5.54. The van der Waals surface area contributed by atoms with E-state index >= 15 is 0 Å². The summed E-state index contributed by atoms with van der Waals surface area (Å²) in [5.74, 6) is -0.259. The molecule has 2 aromatic rings. The van der Waals surface area contributed by atoms with Gasteiger partial charge >= 0.3 is 5.69 Å². The molecule has 0 bridgehead atoms. The van der Waals surface area contributed by atoms with Gasteiger partial charge in [-0.3, -0.25) is 4.79 Å². The molecule has 1 fully saturated rings. The Kier molecular flexibility index (Phi) is 4.15. The van der Waals surface area contributed by atoms with E-state index in [4.69, 9.17) is 0 Å². The van der Waals surface area contributed by atoms with Gasteiger partial charge in [0.15, 0.2) is 0 Å². The first-order chi connectivity index (χ1) is 10.2. The summed E-state index contributed by atoms with van der Waals surface area (Å²) >= 11 is 1.51. The maximum Gasteiger partial charge on any atom is 0.346 e. The van der Waals surface area contributed by atoms with Crippen LogP contribution < -0.4 is 11.0 Å². The zero-order chi connectivity index (χ0) is 14.7. The molecule has 5 nitrogen and oxygen atoms in total. The van der Waals surface area contributed by atoms with Gasteiger partial charge in [0.25, 0.3) is 5.91 Å². The van der Waals surface area contributed by atoms with Crippen molar-refractivity contribution in [2.24, 2.45) is 0 Å². The van der Waals surface area contributed by atoms with Crippen LogP contribution in [0.5, 0.6) is 0 Å². The van der Waals surface area contributed by atoms with Gasteiger partial charge in [0.2, 0.25) is 0 Å². The minimum absolute atomic E-state index is 0.188. The fourth-order valence-corrected chi connectivity index (χ4v) is 3.34. The molecule has 6 heteroatoms. The van der Waals surface area contributed by atoms with Crippen molar-refractivity contribution < 1.29 is 4.79 Å². The van der Waals surface area contributed by atoms with Crippen molar-refractivity contribution in [3.05, 3.63) is 39.8 Å². The Bertz CT molecular complexity index is 672. The maximum atomic E-state index is 12.3. The number of amides is 1. The number of carbonyl (C=O) groups excluding carboxylic acids is 1. The summed E-state index contributed by atoms with van der Waals surface area (Å²) < 4.78 is 0. The van der Waals surface area contributed by atoms with E-state index in [2.05, 4.69) is 15.3 Å². The number of carbonyl (C=O) groups is 1. The lowest BCUT2D eigenvalue weighted by atomic mass is 9.95. The zero-order valence-electron chi connectivity index (χ0n) is 11.6. The first-order valence-corrected chi connectivity index (χ1v) is 8.06. The number of nitrogens with one attached hydrogen (secondary N) is 2. The van der Waals surface area contributed by atoms with Gasteiger partial charge in [0.05, 0.1) is 10.6 Å². The normalized spacial score (nSPS) is 15.8. The van der Waals surface area contributed by atoms with Gasteiger partial charge in [-0.2, -0.15) is 4.98 Å². The lowest BCUT2D eigenvalue weighted by Gasteiger charge is -2.22. The van der Waals surface area contributed by atoms with Crippen LogP contribution in [0.2, 0.25) is 0 Å². The van der Waals surface area contributed by atoms with E-state index < -0.39 is 5.69 Å². The molecule has 0 aromatic carbocycles. The van der Waals surface area contributed by atoms with Crippen molar-refractivity contribution in [2.45, 2.75) is 38.1 Å². The van der Waals surface area contributed by atoms with Crippen LogP contribution in [0.25, 0.3) is 10.6 Å². The van der Waals surface area contributed by atoms with Gasteiger partial charge in [-0.15, -0.1) is 11.3 Å². The Morgan fingerprint density at radius 2 is 2.14 bits per heavy atom. The molecule has 21 heavy (non-hydrogen) atoms. The van der Waals surface area contributed by atoms with Crippen molar-refractivity contribution in [1.82, 2.24) is 15.3 Å². The topological polar surface area (TPSA) is 74.8 Å². The maximum absolute atomic E-state index is 12.3. The molecule has 1 aliphatic rings. The Hall–Kier alpha value is -1.95. The molecular weight excluding hydrogens is 286 g/mol. The fraction of sp³-hybridized carbons (Fsp3) is 0.400. The number of hydrogen-bond acceptors (Lipinski definition) is 4. The van der Waals surface area contributed by atoms with Crippen LogP contribution in [0, 0.1) is 0 Å². The Balaban J connectivity index is 1.81. The monoisotopic (exact) mass is 303 g/mol. The smallest absolute Gasteiger partial charge is 0.346 e. The van der Waals surface area contributed by atoms with Crippen molar-refractivity contribution in [3.8, 4) is 10.6 Å². The van der Waals surface area contributed by atoms with Gasteiger partial charge in [-0.05, 0) is 30.4 Å². The second-order valence-electron chi connectivity index (χ2n) is 5.27. The minimum Gasteiger partial charge on any atom is -0.348 e. The molecule has 2 aromatic heterocycles. The van der Waals surface area contributed by atoms with Gasteiger partial charge in [-0.25, -0.2) is 4.79 Å². The minimum atomic E-state index is -0.491.